The van der Waals surface area contributed by atoms with Crippen molar-refractivity contribution in [3.05, 3.63) is 33.9 Å². The van der Waals surface area contributed by atoms with Crippen LogP contribution in [0.2, 0.25) is 0 Å². The van der Waals surface area contributed by atoms with Crippen molar-refractivity contribution < 1.29 is 28.7 Å². The van der Waals surface area contributed by atoms with Gasteiger partial charge in [-0.3, -0.25) is 14.9 Å². The first-order chi connectivity index (χ1) is 13.9. The van der Waals surface area contributed by atoms with E-state index in [4.69, 9.17) is 14.2 Å². The van der Waals surface area contributed by atoms with Gasteiger partial charge >= 0.3 is 6.09 Å². The molecule has 2 aliphatic heterocycles. The van der Waals surface area contributed by atoms with Gasteiger partial charge in [-0.1, -0.05) is 0 Å². The normalized spacial score (nSPS) is 17.5. The molecule has 2 heterocycles. The molecule has 1 aromatic rings. The first kappa shape index (κ1) is 20.4. The Morgan fingerprint density at radius 1 is 1.21 bits per heavy atom. The minimum absolute atomic E-state index is 0.0740. The number of benzene rings is 1. The Kier molecular flexibility index (Phi) is 6.20. The lowest BCUT2D eigenvalue weighted by Crippen LogP contribution is -2.46. The maximum Gasteiger partial charge on any atom is 0.410 e. The van der Waals surface area contributed by atoms with Gasteiger partial charge < -0.3 is 24.0 Å². The predicted molar refractivity (Wildman–Crippen MR) is 103 cm³/mol. The van der Waals surface area contributed by atoms with Crippen LogP contribution in [-0.2, 0) is 9.53 Å². The number of likely N-dealkylation sites (tertiary alicyclic amines) is 1. The number of amides is 2. The van der Waals surface area contributed by atoms with E-state index < -0.39 is 4.92 Å². The van der Waals surface area contributed by atoms with Gasteiger partial charge in [0.25, 0.3) is 5.69 Å². The molecule has 0 aromatic heterocycles. The third kappa shape index (κ3) is 4.41. The molecule has 3 rings (SSSR count). The topological polar surface area (TPSA) is 111 Å². The Hall–Kier alpha value is -3.30. The molecule has 0 spiro atoms. The lowest BCUT2D eigenvalue weighted by molar-refractivity contribution is -0.385. The van der Waals surface area contributed by atoms with Crippen LogP contribution in [0, 0.1) is 10.1 Å². The van der Waals surface area contributed by atoms with E-state index >= 15 is 0 Å². The quantitative estimate of drug-likeness (QED) is 0.405. The van der Waals surface area contributed by atoms with E-state index in [1.807, 2.05) is 0 Å². The molecule has 2 aliphatic rings. The van der Waals surface area contributed by atoms with E-state index in [9.17, 15) is 19.7 Å². The summed E-state index contributed by atoms with van der Waals surface area (Å²) >= 11 is 0. The Morgan fingerprint density at radius 3 is 2.41 bits per heavy atom. The summed E-state index contributed by atoms with van der Waals surface area (Å²) in [6.07, 6.45) is 3.77. The number of ether oxygens (including phenoxy) is 3. The van der Waals surface area contributed by atoms with Gasteiger partial charge in [0.2, 0.25) is 5.91 Å². The fourth-order valence-corrected chi connectivity index (χ4v) is 3.58. The molecule has 0 radical (unpaired) electrons. The largest absolute Gasteiger partial charge is 0.493 e. The summed E-state index contributed by atoms with van der Waals surface area (Å²) in [6.45, 7) is 2.00. The number of cyclic esters (lactones) is 1. The zero-order valence-corrected chi connectivity index (χ0v) is 16.3. The van der Waals surface area contributed by atoms with Crippen molar-refractivity contribution in [3.63, 3.8) is 0 Å². The summed E-state index contributed by atoms with van der Waals surface area (Å²) in [4.78, 5) is 38.4. The van der Waals surface area contributed by atoms with Gasteiger partial charge in [0.05, 0.1) is 37.3 Å². The third-order valence-corrected chi connectivity index (χ3v) is 5.14. The summed E-state index contributed by atoms with van der Waals surface area (Å²) in [5.41, 5.74) is 0.0636. The Morgan fingerprint density at radius 2 is 1.86 bits per heavy atom. The van der Waals surface area contributed by atoms with Crippen LogP contribution < -0.4 is 9.47 Å². The second kappa shape index (κ2) is 8.80. The molecular weight excluding hydrogens is 382 g/mol. The van der Waals surface area contributed by atoms with Crippen LogP contribution in [-0.4, -0.2) is 73.2 Å². The molecule has 0 aliphatic carbocycles. The first-order valence-electron chi connectivity index (χ1n) is 9.25. The van der Waals surface area contributed by atoms with Crippen molar-refractivity contribution in [1.82, 2.24) is 9.80 Å². The number of nitro benzene ring substituents is 1. The van der Waals surface area contributed by atoms with Gasteiger partial charge in [-0.15, -0.1) is 0 Å². The fraction of sp³-hybridized carbons (Fsp3) is 0.474. The summed E-state index contributed by atoms with van der Waals surface area (Å²) in [6, 6.07) is 2.81. The molecule has 0 atom stereocenters. The van der Waals surface area contributed by atoms with Crippen LogP contribution in [0.5, 0.6) is 11.5 Å². The molecule has 29 heavy (non-hydrogen) atoms. The van der Waals surface area contributed by atoms with Crippen molar-refractivity contribution in [1.29, 1.82) is 0 Å². The number of piperidine rings is 1. The second-order valence-corrected chi connectivity index (χ2v) is 6.72. The van der Waals surface area contributed by atoms with Gasteiger partial charge in [0, 0.05) is 25.2 Å². The van der Waals surface area contributed by atoms with Gasteiger partial charge in [-0.25, -0.2) is 4.79 Å². The lowest BCUT2D eigenvalue weighted by Gasteiger charge is -2.35. The van der Waals surface area contributed by atoms with E-state index in [0.717, 1.165) is 0 Å². The maximum absolute atomic E-state index is 12.5. The number of hydrogen-bond acceptors (Lipinski definition) is 7. The summed E-state index contributed by atoms with van der Waals surface area (Å²) in [7, 11) is 2.83. The van der Waals surface area contributed by atoms with Crippen molar-refractivity contribution in [3.8, 4) is 11.5 Å². The van der Waals surface area contributed by atoms with E-state index in [-0.39, 0.29) is 35.0 Å². The van der Waals surface area contributed by atoms with Gasteiger partial charge in [-0.2, -0.15) is 0 Å². The van der Waals surface area contributed by atoms with Crippen molar-refractivity contribution in [2.75, 3.05) is 40.5 Å². The van der Waals surface area contributed by atoms with E-state index in [1.165, 1.54) is 38.5 Å². The predicted octanol–water partition coefficient (Wildman–Crippen LogP) is 2.07. The number of rotatable bonds is 6. The van der Waals surface area contributed by atoms with Crippen molar-refractivity contribution in [2.24, 2.45) is 0 Å². The molecule has 0 saturated carbocycles. The average molecular weight is 405 g/mol. The van der Waals surface area contributed by atoms with Gasteiger partial charge in [0.15, 0.2) is 11.5 Å². The highest BCUT2D eigenvalue weighted by molar-refractivity contribution is 5.92. The Bertz CT molecular complexity index is 831. The first-order valence-corrected chi connectivity index (χ1v) is 9.25. The minimum atomic E-state index is -0.535. The zero-order chi connectivity index (χ0) is 21.0. The third-order valence-electron chi connectivity index (χ3n) is 5.14. The summed E-state index contributed by atoms with van der Waals surface area (Å²) < 4.78 is 15.2. The smallest absolute Gasteiger partial charge is 0.410 e. The molecule has 10 nitrogen and oxygen atoms in total. The number of hydrogen-bond donors (Lipinski definition) is 0. The van der Waals surface area contributed by atoms with Gasteiger partial charge in [0.1, 0.15) is 6.61 Å². The van der Waals surface area contributed by atoms with Crippen LogP contribution >= 0.6 is 0 Å². The highest BCUT2D eigenvalue weighted by Gasteiger charge is 2.32. The number of carbonyl (C=O) groups excluding carboxylic acids is 2. The SMILES string of the molecule is COc1cc(C=CC(=O)N2CCC(N3CCOC3=O)CC2)c([N+](=O)[O-])cc1OC. The number of carbonyl (C=O) groups is 2. The summed E-state index contributed by atoms with van der Waals surface area (Å²) in [5, 5.41) is 11.4. The van der Waals surface area contributed by atoms with Crippen LogP contribution in [0.1, 0.15) is 18.4 Å². The average Bonchev–Trinajstić information content (AvgIpc) is 3.17. The monoisotopic (exact) mass is 405 g/mol. The van der Waals surface area contributed by atoms with Crippen LogP contribution in [0.3, 0.4) is 0 Å². The number of methoxy groups -OCH3 is 2. The zero-order valence-electron chi connectivity index (χ0n) is 16.3. The second-order valence-electron chi connectivity index (χ2n) is 6.72. The molecule has 2 fully saturated rings. The van der Waals surface area contributed by atoms with E-state index in [2.05, 4.69) is 0 Å². The highest BCUT2D eigenvalue weighted by Crippen LogP contribution is 2.35. The molecule has 0 unspecified atom stereocenters. The van der Waals surface area contributed by atoms with Crippen molar-refractivity contribution in [2.45, 2.75) is 18.9 Å². The van der Waals surface area contributed by atoms with Gasteiger partial charge in [-0.05, 0) is 25.0 Å². The molecule has 10 heteroatoms. The van der Waals surface area contributed by atoms with E-state index in [1.54, 1.807) is 9.80 Å². The number of nitrogens with zero attached hydrogens (tertiary/aromatic N) is 3. The van der Waals surface area contributed by atoms with E-state index in [0.29, 0.717) is 44.8 Å². The Balaban J connectivity index is 1.68. The molecule has 2 saturated heterocycles. The molecule has 156 valence electrons. The maximum atomic E-state index is 12.5. The van der Waals surface area contributed by atoms with Crippen LogP contribution in [0.25, 0.3) is 6.08 Å². The fourth-order valence-electron chi connectivity index (χ4n) is 3.58. The molecule has 0 N–H and O–H groups in total. The highest BCUT2D eigenvalue weighted by atomic mass is 16.6. The molecule has 2 amide bonds. The Labute approximate surface area is 167 Å². The van der Waals surface area contributed by atoms with Crippen LogP contribution in [0.15, 0.2) is 18.2 Å². The van der Waals surface area contributed by atoms with Crippen molar-refractivity contribution >= 4 is 23.8 Å². The number of nitro groups is 1. The standard InChI is InChI=1S/C19H23N3O7/c1-27-16-11-13(15(22(25)26)12-17(16)28-2)3-4-18(23)20-7-5-14(6-8-20)21-9-10-29-19(21)24/h3-4,11-12,14H,5-10H2,1-2H3. The minimum Gasteiger partial charge on any atom is -0.493 e. The lowest BCUT2D eigenvalue weighted by atomic mass is 10.0. The summed E-state index contributed by atoms with van der Waals surface area (Å²) in [5.74, 6) is 0.338. The molecule has 1 aromatic carbocycles. The molecule has 0 bridgehead atoms. The van der Waals surface area contributed by atoms with Crippen LogP contribution in [0.4, 0.5) is 10.5 Å². The molecular formula is C19H23N3O7.